The van der Waals surface area contributed by atoms with Crippen LogP contribution in [0, 0.1) is 11.8 Å². The Kier molecular flexibility index (Phi) is 17.9. The van der Waals surface area contributed by atoms with Crippen LogP contribution in [0.4, 0.5) is 9.59 Å². The van der Waals surface area contributed by atoms with Crippen LogP contribution in [0.2, 0.25) is 0 Å². The molecular formula is C29H40N2O12. The second-order valence-electron chi connectivity index (χ2n) is 9.41. The van der Waals surface area contributed by atoms with Gasteiger partial charge in [-0.25, -0.2) is 28.8 Å². The molecule has 1 fully saturated rings. The summed E-state index contributed by atoms with van der Waals surface area (Å²) in [6.45, 7) is 12.4. The van der Waals surface area contributed by atoms with E-state index < -0.39 is 48.3 Å². The van der Waals surface area contributed by atoms with Gasteiger partial charge in [-0.15, -0.1) is 0 Å². The molecule has 0 aromatic carbocycles. The number of rotatable bonds is 18. The molecule has 2 atom stereocenters. The SMILES string of the molecule is C=CC(=O)OCC(COC(=O)C=C)OC(=O)NCC1CCCCC(CNC(=O)OC(COC(=O)C=C)COC(=O)C=C)C1. The van der Waals surface area contributed by atoms with Crippen molar-refractivity contribution in [1.29, 1.82) is 0 Å². The number of nitrogens with one attached hydrogen (secondary N) is 2. The average molecular weight is 609 g/mol. The van der Waals surface area contributed by atoms with E-state index in [0.29, 0.717) is 6.42 Å². The summed E-state index contributed by atoms with van der Waals surface area (Å²) in [5.74, 6) is -2.75. The molecule has 0 bridgehead atoms. The van der Waals surface area contributed by atoms with Crippen molar-refractivity contribution < 1.29 is 57.2 Å². The van der Waals surface area contributed by atoms with E-state index in [0.717, 1.165) is 50.0 Å². The van der Waals surface area contributed by atoms with Crippen LogP contribution in [0.25, 0.3) is 0 Å². The number of ether oxygens (including phenoxy) is 6. The quantitative estimate of drug-likeness (QED) is 0.100. The lowest BCUT2D eigenvalue weighted by atomic mass is 9.93. The minimum absolute atomic E-state index is 0.0814. The number of carbonyl (C=O) groups is 6. The Morgan fingerprint density at radius 2 is 0.884 bits per heavy atom. The van der Waals surface area contributed by atoms with E-state index >= 15 is 0 Å². The van der Waals surface area contributed by atoms with Crippen LogP contribution in [0.1, 0.15) is 32.1 Å². The highest BCUT2D eigenvalue weighted by atomic mass is 16.6. The van der Waals surface area contributed by atoms with Crippen molar-refractivity contribution in [1.82, 2.24) is 10.6 Å². The lowest BCUT2D eigenvalue weighted by Gasteiger charge is -2.22. The Morgan fingerprint density at radius 3 is 1.16 bits per heavy atom. The van der Waals surface area contributed by atoms with Crippen molar-refractivity contribution in [3.05, 3.63) is 50.6 Å². The molecule has 2 unspecified atom stereocenters. The van der Waals surface area contributed by atoms with Gasteiger partial charge in [0.15, 0.2) is 12.2 Å². The molecule has 0 radical (unpaired) electrons. The third-order valence-electron chi connectivity index (χ3n) is 6.07. The number of hydrogen-bond acceptors (Lipinski definition) is 12. The third kappa shape index (κ3) is 17.1. The van der Waals surface area contributed by atoms with Crippen molar-refractivity contribution in [2.24, 2.45) is 11.8 Å². The van der Waals surface area contributed by atoms with Gasteiger partial charge >= 0.3 is 36.1 Å². The van der Waals surface area contributed by atoms with Gasteiger partial charge in [0.1, 0.15) is 26.4 Å². The fourth-order valence-corrected chi connectivity index (χ4v) is 3.95. The van der Waals surface area contributed by atoms with Gasteiger partial charge in [-0.1, -0.05) is 39.2 Å². The van der Waals surface area contributed by atoms with Crippen molar-refractivity contribution in [3.8, 4) is 0 Å². The number of hydrogen-bond donors (Lipinski definition) is 2. The van der Waals surface area contributed by atoms with Gasteiger partial charge in [-0.05, 0) is 31.1 Å². The number of carbonyl (C=O) groups excluding carboxylic acids is 6. The van der Waals surface area contributed by atoms with E-state index in [4.69, 9.17) is 28.4 Å². The first-order valence-corrected chi connectivity index (χ1v) is 13.7. The predicted molar refractivity (Wildman–Crippen MR) is 151 cm³/mol. The smallest absolute Gasteiger partial charge is 0.407 e. The summed E-state index contributed by atoms with van der Waals surface area (Å²) in [5.41, 5.74) is 0. The number of esters is 4. The molecule has 2 N–H and O–H groups in total. The Bertz CT molecular complexity index is 885. The Balaban J connectivity index is 2.59. The van der Waals surface area contributed by atoms with Gasteiger partial charge in [0, 0.05) is 37.4 Å². The standard InChI is InChI=1S/C29H40N2O12/c1-5-24(32)38-16-22(17-39-25(33)6-2)42-28(36)30-14-20-11-9-10-12-21(13-20)15-31-29(37)43-23(18-40-26(34)7-3)19-41-27(35)8-4/h5-8,20-23H,1-4,9-19H2,(H,30,36)(H,31,37). The third-order valence-corrected chi connectivity index (χ3v) is 6.07. The zero-order valence-electron chi connectivity index (χ0n) is 24.1. The number of amides is 2. The first kappa shape index (κ1) is 36.4. The topological polar surface area (TPSA) is 182 Å². The van der Waals surface area contributed by atoms with Gasteiger partial charge in [-0.3, -0.25) is 0 Å². The summed E-state index contributed by atoms with van der Waals surface area (Å²) >= 11 is 0. The van der Waals surface area contributed by atoms with Gasteiger partial charge in [0.05, 0.1) is 0 Å². The Hall–Kier alpha value is -4.62. The molecule has 238 valence electrons. The minimum Gasteiger partial charge on any atom is -0.458 e. The molecule has 1 aliphatic rings. The van der Waals surface area contributed by atoms with Gasteiger partial charge < -0.3 is 39.1 Å². The van der Waals surface area contributed by atoms with Crippen molar-refractivity contribution >= 4 is 36.1 Å². The summed E-state index contributed by atoms with van der Waals surface area (Å²) in [6.07, 6.45) is 4.35. The van der Waals surface area contributed by atoms with Gasteiger partial charge in [-0.2, -0.15) is 0 Å². The molecule has 43 heavy (non-hydrogen) atoms. The van der Waals surface area contributed by atoms with Gasteiger partial charge in [0.2, 0.25) is 0 Å². The van der Waals surface area contributed by atoms with Crippen molar-refractivity contribution in [3.63, 3.8) is 0 Å². The fourth-order valence-electron chi connectivity index (χ4n) is 3.95. The molecule has 1 rings (SSSR count). The molecule has 0 saturated heterocycles. The van der Waals surface area contributed by atoms with Crippen LogP contribution in [-0.4, -0.2) is 87.8 Å². The van der Waals surface area contributed by atoms with E-state index in [1.54, 1.807) is 0 Å². The maximum Gasteiger partial charge on any atom is 0.407 e. The fraction of sp³-hybridized carbons (Fsp3) is 0.517. The summed E-state index contributed by atoms with van der Waals surface area (Å²) < 4.78 is 30.1. The molecule has 1 saturated carbocycles. The first-order chi connectivity index (χ1) is 20.6. The normalized spacial score (nSPS) is 16.0. The Labute approximate surface area is 250 Å². The predicted octanol–water partition coefficient (Wildman–Crippen LogP) is 2.29. The molecule has 1 aliphatic carbocycles. The molecule has 2 amide bonds. The van der Waals surface area contributed by atoms with Crippen LogP contribution in [0.3, 0.4) is 0 Å². The zero-order chi connectivity index (χ0) is 32.0. The summed E-state index contributed by atoms with van der Waals surface area (Å²) in [7, 11) is 0. The van der Waals surface area contributed by atoms with Crippen molar-refractivity contribution in [2.45, 2.75) is 44.3 Å². The van der Waals surface area contributed by atoms with E-state index in [1.807, 2.05) is 0 Å². The lowest BCUT2D eigenvalue weighted by molar-refractivity contribution is -0.147. The highest BCUT2D eigenvalue weighted by Gasteiger charge is 2.24. The molecular weight excluding hydrogens is 568 g/mol. The van der Waals surface area contributed by atoms with Crippen LogP contribution >= 0.6 is 0 Å². The molecule has 0 aromatic rings. The highest BCUT2D eigenvalue weighted by Crippen LogP contribution is 2.27. The molecule has 14 nitrogen and oxygen atoms in total. The van der Waals surface area contributed by atoms with Crippen LogP contribution < -0.4 is 10.6 Å². The maximum absolute atomic E-state index is 12.4. The lowest BCUT2D eigenvalue weighted by Crippen LogP contribution is -2.38. The molecule has 0 spiro atoms. The van der Waals surface area contributed by atoms with Crippen LogP contribution in [0.15, 0.2) is 50.6 Å². The molecule has 0 heterocycles. The van der Waals surface area contributed by atoms with Crippen LogP contribution in [-0.2, 0) is 47.6 Å². The zero-order valence-corrected chi connectivity index (χ0v) is 24.1. The molecule has 14 heteroatoms. The largest absolute Gasteiger partial charge is 0.458 e. The van der Waals surface area contributed by atoms with E-state index in [9.17, 15) is 28.8 Å². The summed E-state index contributed by atoms with van der Waals surface area (Å²) in [5, 5.41) is 5.38. The van der Waals surface area contributed by atoms with Crippen molar-refractivity contribution in [2.75, 3.05) is 39.5 Å². The van der Waals surface area contributed by atoms with Crippen LogP contribution in [0.5, 0.6) is 0 Å². The summed E-state index contributed by atoms with van der Waals surface area (Å²) in [4.78, 5) is 70.4. The second-order valence-corrected chi connectivity index (χ2v) is 9.41. The molecule has 0 aromatic heterocycles. The molecule has 0 aliphatic heterocycles. The summed E-state index contributed by atoms with van der Waals surface area (Å²) in [6, 6.07) is 0. The van der Waals surface area contributed by atoms with E-state index in [2.05, 4.69) is 36.9 Å². The second kappa shape index (κ2) is 21.1. The number of alkyl carbamates (subject to hydrolysis) is 2. The maximum atomic E-state index is 12.4. The highest BCUT2D eigenvalue weighted by molar-refractivity contribution is 5.82. The van der Waals surface area contributed by atoms with E-state index in [1.165, 1.54) is 0 Å². The Morgan fingerprint density at radius 1 is 0.581 bits per heavy atom. The van der Waals surface area contributed by atoms with Gasteiger partial charge in [0.25, 0.3) is 0 Å². The monoisotopic (exact) mass is 608 g/mol. The van der Waals surface area contributed by atoms with E-state index in [-0.39, 0.29) is 51.4 Å². The average Bonchev–Trinajstić information content (AvgIpc) is 3.25. The first-order valence-electron chi connectivity index (χ1n) is 13.7. The minimum atomic E-state index is -1.05.